The molecule has 260 valence electrons. The maximum absolute atomic E-state index is 15.3. The first kappa shape index (κ1) is 34.8. The van der Waals surface area contributed by atoms with Gasteiger partial charge >= 0.3 is 5.97 Å². The molecule has 2 heterocycles. The quantitative estimate of drug-likeness (QED) is 0.122. The molecule has 5 aromatic rings. The molecule has 0 bridgehead atoms. The lowest BCUT2D eigenvalue weighted by Gasteiger charge is -2.30. The Morgan fingerprint density at radius 3 is 2.52 bits per heavy atom. The van der Waals surface area contributed by atoms with E-state index in [0.717, 1.165) is 33.1 Å². The fraction of sp³-hybridized carbons (Fsp3) is 0.243. The lowest BCUT2D eigenvalue weighted by atomic mass is 10.0. The van der Waals surface area contributed by atoms with Gasteiger partial charge < -0.3 is 13.9 Å². The van der Waals surface area contributed by atoms with Gasteiger partial charge in [-0.1, -0.05) is 36.4 Å². The summed E-state index contributed by atoms with van der Waals surface area (Å²) in [5, 5.41) is 0.542. The number of fused-ring (bicyclic) bond motifs is 1. The monoisotopic (exact) mass is 718 g/mol. The van der Waals surface area contributed by atoms with Gasteiger partial charge in [-0.25, -0.2) is 30.2 Å². The smallest absolute Gasteiger partial charge is 0.306 e. The van der Waals surface area contributed by atoms with Gasteiger partial charge in [0.15, 0.2) is 9.84 Å². The Kier molecular flexibility index (Phi) is 9.56. The molecule has 13 heteroatoms. The minimum absolute atomic E-state index is 0.220. The highest BCUT2D eigenvalue weighted by atomic mass is 32.2. The molecule has 0 saturated carbocycles. The normalized spacial score (nSPS) is 16.6. The van der Waals surface area contributed by atoms with E-state index in [4.69, 9.17) is 13.9 Å². The average molecular weight is 719 g/mol. The third kappa shape index (κ3) is 7.15. The molecule has 1 unspecified atom stereocenters. The molecule has 0 fully saturated rings. The zero-order valence-electron chi connectivity index (χ0n) is 27.6. The number of sulfone groups is 1. The van der Waals surface area contributed by atoms with Gasteiger partial charge in [-0.05, 0) is 86.4 Å². The number of hydrogen-bond donors (Lipinski definition) is 0. The van der Waals surface area contributed by atoms with E-state index in [1.54, 1.807) is 55.7 Å². The number of benzene rings is 3. The Labute approximate surface area is 289 Å². The standard InChI is InChI=1S/C37H35FN2O8S2/c1-4-46-35(41)14-11-25-7-5-8-26(19-25)20-29-24-47-36(39-29)28-9-6-10-30(22-28)48-31-12-13-33-27(21-31)16-18-40(33)50(44,45)37(2)17-15-32(23-34(37)38)49(3,42)43/h5-10,12-13,15-16,18-19,21-24H,4,11,14,17,20H2,1-3H3. The van der Waals surface area contributed by atoms with Crippen LogP contribution in [0.3, 0.4) is 0 Å². The van der Waals surface area contributed by atoms with Crippen LogP contribution >= 0.6 is 0 Å². The summed E-state index contributed by atoms with van der Waals surface area (Å²) < 4.78 is 82.5. The summed E-state index contributed by atoms with van der Waals surface area (Å²) in [6.45, 7) is 3.39. The van der Waals surface area contributed by atoms with Crippen LogP contribution in [0, 0.1) is 0 Å². The molecule has 0 amide bonds. The topological polar surface area (TPSA) is 135 Å². The molecule has 0 N–H and O–H groups in total. The number of allylic oxidation sites excluding steroid dienone is 2. The van der Waals surface area contributed by atoms with Crippen molar-refractivity contribution < 1.29 is 39.9 Å². The first-order chi connectivity index (χ1) is 23.8. The summed E-state index contributed by atoms with van der Waals surface area (Å²) in [7, 11) is -8.04. The van der Waals surface area contributed by atoms with Gasteiger partial charge in [-0.3, -0.25) is 4.79 Å². The van der Waals surface area contributed by atoms with E-state index in [1.165, 1.54) is 19.2 Å². The van der Waals surface area contributed by atoms with Gasteiger partial charge in [0.1, 0.15) is 28.3 Å². The molecule has 0 saturated heterocycles. The second-order valence-corrected chi connectivity index (χ2v) is 16.5. The molecule has 1 aliphatic rings. The van der Waals surface area contributed by atoms with E-state index >= 15 is 4.39 Å². The average Bonchev–Trinajstić information content (AvgIpc) is 3.72. The number of hydrogen-bond acceptors (Lipinski definition) is 9. The molecule has 6 rings (SSSR count). The lowest BCUT2D eigenvalue weighted by molar-refractivity contribution is -0.143. The number of esters is 1. The van der Waals surface area contributed by atoms with E-state index < -0.39 is 30.4 Å². The van der Waals surface area contributed by atoms with Crippen molar-refractivity contribution in [2.24, 2.45) is 0 Å². The second kappa shape index (κ2) is 13.7. The van der Waals surface area contributed by atoms with Crippen LogP contribution in [0.4, 0.5) is 4.39 Å². The number of halogens is 1. The van der Waals surface area contributed by atoms with Gasteiger partial charge in [0, 0.05) is 36.2 Å². The molecule has 0 radical (unpaired) electrons. The van der Waals surface area contributed by atoms with Crippen LogP contribution in [-0.4, -0.2) is 49.4 Å². The van der Waals surface area contributed by atoms with Crippen LogP contribution in [0.5, 0.6) is 11.5 Å². The van der Waals surface area contributed by atoms with Crippen molar-refractivity contribution in [3.8, 4) is 23.0 Å². The van der Waals surface area contributed by atoms with Gasteiger partial charge in [-0.2, -0.15) is 0 Å². The summed E-state index contributed by atoms with van der Waals surface area (Å²) in [6, 6.07) is 21.6. The summed E-state index contributed by atoms with van der Waals surface area (Å²) in [5.41, 5.74) is 3.82. The number of carbonyl (C=O) groups is 1. The van der Waals surface area contributed by atoms with Crippen molar-refractivity contribution in [2.45, 2.75) is 44.3 Å². The predicted molar refractivity (Wildman–Crippen MR) is 188 cm³/mol. The zero-order chi connectivity index (χ0) is 35.7. The maximum atomic E-state index is 15.3. The summed E-state index contributed by atoms with van der Waals surface area (Å²) >= 11 is 0. The number of aromatic nitrogens is 2. The van der Waals surface area contributed by atoms with Gasteiger partial charge in [0.2, 0.25) is 5.89 Å². The van der Waals surface area contributed by atoms with Crippen LogP contribution in [0.15, 0.2) is 113 Å². The van der Waals surface area contributed by atoms with Crippen LogP contribution < -0.4 is 4.74 Å². The zero-order valence-corrected chi connectivity index (χ0v) is 29.3. The third-order valence-corrected chi connectivity index (χ3v) is 12.0. The fourth-order valence-electron chi connectivity index (χ4n) is 5.73. The highest BCUT2D eigenvalue weighted by molar-refractivity contribution is 7.94. The number of rotatable bonds is 12. The largest absolute Gasteiger partial charge is 0.466 e. The second-order valence-electron chi connectivity index (χ2n) is 12.2. The van der Waals surface area contributed by atoms with Crippen molar-refractivity contribution in [3.63, 3.8) is 0 Å². The Morgan fingerprint density at radius 1 is 1.00 bits per heavy atom. The molecule has 10 nitrogen and oxygen atoms in total. The Hall–Kier alpha value is -5.01. The Morgan fingerprint density at radius 2 is 1.76 bits per heavy atom. The SMILES string of the molecule is CCOC(=O)CCc1cccc(Cc2coc(-c3cccc(Oc4ccc5c(ccn5S(=O)(=O)C5(C)CC=C(S(C)(=O)=O)C=C5F)c4)c3)n2)c1. The molecule has 50 heavy (non-hydrogen) atoms. The van der Waals surface area contributed by atoms with E-state index in [9.17, 15) is 21.6 Å². The van der Waals surface area contributed by atoms with Crippen molar-refractivity contribution >= 4 is 36.7 Å². The number of ether oxygens (including phenoxy) is 2. The molecule has 0 aliphatic heterocycles. The van der Waals surface area contributed by atoms with Crippen LogP contribution in [0.1, 0.15) is 43.5 Å². The van der Waals surface area contributed by atoms with E-state index in [0.29, 0.717) is 59.7 Å². The molecule has 0 spiro atoms. The first-order valence-electron chi connectivity index (χ1n) is 15.9. The van der Waals surface area contributed by atoms with Gasteiger partial charge in [0.25, 0.3) is 10.0 Å². The van der Waals surface area contributed by atoms with E-state index in [1.807, 2.05) is 30.3 Å². The summed E-state index contributed by atoms with van der Waals surface area (Å²) in [6.07, 6.45) is 7.02. The molecule has 2 aromatic heterocycles. The fourth-order valence-corrected chi connectivity index (χ4v) is 8.12. The predicted octanol–water partition coefficient (Wildman–Crippen LogP) is 7.30. The number of oxazole rings is 1. The molecular formula is C37H35FN2O8S2. The summed E-state index contributed by atoms with van der Waals surface area (Å²) in [4.78, 5) is 16.2. The van der Waals surface area contributed by atoms with Crippen molar-refractivity contribution in [2.75, 3.05) is 12.9 Å². The third-order valence-electron chi connectivity index (χ3n) is 8.52. The number of aryl methyl sites for hydroxylation is 1. The minimum Gasteiger partial charge on any atom is -0.466 e. The van der Waals surface area contributed by atoms with E-state index in [-0.39, 0.29) is 17.3 Å². The molecule has 1 atom stereocenters. The highest BCUT2D eigenvalue weighted by Gasteiger charge is 2.46. The van der Waals surface area contributed by atoms with Crippen LogP contribution in [0.25, 0.3) is 22.4 Å². The maximum Gasteiger partial charge on any atom is 0.306 e. The molecule has 3 aromatic carbocycles. The summed E-state index contributed by atoms with van der Waals surface area (Å²) in [5.74, 6) is 0.0902. The lowest BCUT2D eigenvalue weighted by Crippen LogP contribution is -2.41. The van der Waals surface area contributed by atoms with Crippen molar-refractivity contribution in [3.05, 3.63) is 125 Å². The van der Waals surface area contributed by atoms with Gasteiger partial charge in [0.05, 0.1) is 22.7 Å². The number of carbonyl (C=O) groups excluding carboxylic acids is 1. The van der Waals surface area contributed by atoms with Gasteiger partial charge in [-0.15, -0.1) is 0 Å². The van der Waals surface area contributed by atoms with E-state index in [2.05, 4.69) is 4.98 Å². The molecular weight excluding hydrogens is 684 g/mol. The molecule has 1 aliphatic carbocycles. The van der Waals surface area contributed by atoms with Crippen molar-refractivity contribution in [1.82, 2.24) is 8.96 Å². The minimum atomic E-state index is -4.34. The number of nitrogens with zero attached hydrogens (tertiary/aromatic N) is 2. The Bertz CT molecular complexity index is 2370. The highest BCUT2D eigenvalue weighted by Crippen LogP contribution is 2.40. The van der Waals surface area contributed by atoms with Crippen molar-refractivity contribution in [1.29, 1.82) is 0 Å². The van der Waals surface area contributed by atoms with Crippen LogP contribution in [0.2, 0.25) is 0 Å². The van der Waals surface area contributed by atoms with Crippen LogP contribution in [-0.2, 0) is 42.2 Å². The first-order valence-corrected chi connectivity index (χ1v) is 19.2. The Balaban J connectivity index is 1.15.